The van der Waals surface area contributed by atoms with Crippen LogP contribution < -0.4 is 20.1 Å². The number of halogens is 1. The van der Waals surface area contributed by atoms with Gasteiger partial charge in [0.05, 0.1) is 33.0 Å². The molecule has 0 atom stereocenters. The predicted molar refractivity (Wildman–Crippen MR) is 101 cm³/mol. The fraction of sp³-hybridized carbons (Fsp3) is 0.263. The maximum atomic E-state index is 13.1. The zero-order valence-corrected chi connectivity index (χ0v) is 15.4. The van der Waals surface area contributed by atoms with Gasteiger partial charge in [-0.05, 0) is 37.4 Å². The second kappa shape index (κ2) is 9.54. The molecule has 2 aromatic carbocycles. The molecule has 27 heavy (non-hydrogen) atoms. The zero-order valence-electron chi connectivity index (χ0n) is 15.4. The van der Waals surface area contributed by atoms with E-state index in [1.165, 1.54) is 32.4 Å². The molecule has 0 saturated carbocycles. The zero-order chi connectivity index (χ0) is 19.8. The second-order valence-electron chi connectivity index (χ2n) is 5.85. The van der Waals surface area contributed by atoms with Crippen molar-refractivity contribution >= 4 is 23.2 Å². The third-order valence-electron chi connectivity index (χ3n) is 3.62. The maximum absolute atomic E-state index is 13.1. The van der Waals surface area contributed by atoms with Gasteiger partial charge in [0.2, 0.25) is 11.8 Å². The Labute approximate surface area is 157 Å². The Bertz CT molecular complexity index is 813. The fourth-order valence-electron chi connectivity index (χ4n) is 2.40. The highest BCUT2D eigenvalue weighted by Gasteiger charge is 2.13. The van der Waals surface area contributed by atoms with Crippen molar-refractivity contribution < 1.29 is 23.5 Å². The number of carbonyl (C=O) groups is 2. The minimum absolute atomic E-state index is 0.00818. The fourth-order valence-corrected chi connectivity index (χ4v) is 2.40. The van der Waals surface area contributed by atoms with Gasteiger partial charge in [-0.1, -0.05) is 6.07 Å². The lowest BCUT2D eigenvalue weighted by atomic mass is 10.2. The third kappa shape index (κ3) is 6.27. The molecule has 0 saturated heterocycles. The summed E-state index contributed by atoms with van der Waals surface area (Å²) in [7, 11) is 4.67. The van der Waals surface area contributed by atoms with Crippen molar-refractivity contribution in [1.82, 2.24) is 4.90 Å². The van der Waals surface area contributed by atoms with Crippen LogP contribution in [0.25, 0.3) is 0 Å². The highest BCUT2D eigenvalue weighted by molar-refractivity contribution is 5.95. The number of methoxy groups -OCH3 is 2. The Morgan fingerprint density at radius 2 is 1.70 bits per heavy atom. The average Bonchev–Trinajstić information content (AvgIpc) is 2.61. The van der Waals surface area contributed by atoms with E-state index in [9.17, 15) is 14.0 Å². The molecule has 2 aromatic rings. The number of rotatable bonds is 8. The first-order valence-corrected chi connectivity index (χ1v) is 8.17. The third-order valence-corrected chi connectivity index (χ3v) is 3.62. The smallest absolute Gasteiger partial charge is 0.238 e. The maximum Gasteiger partial charge on any atom is 0.238 e. The first kappa shape index (κ1) is 20.2. The number of amides is 2. The van der Waals surface area contributed by atoms with E-state index in [2.05, 4.69) is 10.6 Å². The molecule has 7 nitrogen and oxygen atoms in total. The SMILES string of the molecule is COc1ccc(NC(=O)CN(C)CC(=O)Nc2cccc(F)c2)c(OC)c1. The van der Waals surface area contributed by atoms with E-state index in [4.69, 9.17) is 9.47 Å². The van der Waals surface area contributed by atoms with Gasteiger partial charge in [0.25, 0.3) is 0 Å². The molecule has 2 N–H and O–H groups in total. The predicted octanol–water partition coefficient (Wildman–Crippen LogP) is 2.35. The van der Waals surface area contributed by atoms with Crippen molar-refractivity contribution in [3.63, 3.8) is 0 Å². The molecule has 0 fully saturated rings. The molecule has 0 heterocycles. The number of anilines is 2. The van der Waals surface area contributed by atoms with Crippen LogP contribution in [-0.4, -0.2) is 51.1 Å². The minimum atomic E-state index is -0.436. The standard InChI is InChI=1S/C19H22FN3O4/c1-23(11-18(24)21-14-6-4-5-13(20)9-14)12-19(25)22-16-8-7-15(26-2)10-17(16)27-3/h4-10H,11-12H2,1-3H3,(H,21,24)(H,22,25). The molecule has 0 spiro atoms. The molecule has 8 heteroatoms. The Morgan fingerprint density at radius 1 is 1.00 bits per heavy atom. The van der Waals surface area contributed by atoms with E-state index in [-0.39, 0.29) is 24.9 Å². The van der Waals surface area contributed by atoms with Gasteiger partial charge in [0.1, 0.15) is 17.3 Å². The van der Waals surface area contributed by atoms with E-state index in [1.807, 2.05) is 0 Å². The number of likely N-dealkylation sites (N-methyl/N-ethyl adjacent to an activating group) is 1. The normalized spacial score (nSPS) is 10.4. The lowest BCUT2D eigenvalue weighted by Gasteiger charge is -2.17. The van der Waals surface area contributed by atoms with Gasteiger partial charge in [-0.25, -0.2) is 4.39 Å². The highest BCUT2D eigenvalue weighted by atomic mass is 19.1. The van der Waals surface area contributed by atoms with E-state index in [0.717, 1.165) is 0 Å². The van der Waals surface area contributed by atoms with Crippen molar-refractivity contribution in [1.29, 1.82) is 0 Å². The molecule has 144 valence electrons. The summed E-state index contributed by atoms with van der Waals surface area (Å²) in [5.74, 6) is -0.0170. The lowest BCUT2D eigenvalue weighted by Crippen LogP contribution is -2.36. The van der Waals surface area contributed by atoms with Gasteiger partial charge in [-0.15, -0.1) is 0 Å². The molecule has 0 unspecified atom stereocenters. The van der Waals surface area contributed by atoms with Gasteiger partial charge in [-0.2, -0.15) is 0 Å². The molecule has 0 aromatic heterocycles. The summed E-state index contributed by atoms with van der Waals surface area (Å²) in [5, 5.41) is 5.31. The molecule has 0 radical (unpaired) electrons. The summed E-state index contributed by atoms with van der Waals surface area (Å²) in [4.78, 5) is 25.8. The Hall–Kier alpha value is -3.13. The van der Waals surface area contributed by atoms with E-state index in [1.54, 1.807) is 36.2 Å². The van der Waals surface area contributed by atoms with Crippen LogP contribution in [0.1, 0.15) is 0 Å². The van der Waals surface area contributed by atoms with E-state index >= 15 is 0 Å². The minimum Gasteiger partial charge on any atom is -0.497 e. The monoisotopic (exact) mass is 375 g/mol. The largest absolute Gasteiger partial charge is 0.497 e. The Balaban J connectivity index is 1.87. The van der Waals surface area contributed by atoms with Crippen LogP contribution in [-0.2, 0) is 9.59 Å². The summed E-state index contributed by atoms with van der Waals surface area (Å²) in [5.41, 5.74) is 0.863. The quantitative estimate of drug-likeness (QED) is 0.740. The molecule has 0 aliphatic carbocycles. The number of nitrogens with zero attached hydrogens (tertiary/aromatic N) is 1. The van der Waals surface area contributed by atoms with Crippen molar-refractivity contribution in [2.45, 2.75) is 0 Å². The summed E-state index contributed by atoms with van der Waals surface area (Å²) in [6.45, 7) is -0.0323. The summed E-state index contributed by atoms with van der Waals surface area (Å²) >= 11 is 0. The lowest BCUT2D eigenvalue weighted by molar-refractivity contribution is -0.119. The Kier molecular flexibility index (Phi) is 7.13. The van der Waals surface area contributed by atoms with Gasteiger partial charge in [0.15, 0.2) is 0 Å². The first-order valence-electron chi connectivity index (χ1n) is 8.17. The molecule has 2 rings (SSSR count). The highest BCUT2D eigenvalue weighted by Crippen LogP contribution is 2.28. The average molecular weight is 375 g/mol. The van der Waals surface area contributed by atoms with Gasteiger partial charge >= 0.3 is 0 Å². The van der Waals surface area contributed by atoms with Crippen LogP contribution in [0, 0.1) is 5.82 Å². The van der Waals surface area contributed by atoms with Crippen LogP contribution in [0.4, 0.5) is 15.8 Å². The topological polar surface area (TPSA) is 79.9 Å². The summed E-state index contributed by atoms with van der Waals surface area (Å²) in [6.07, 6.45) is 0. The van der Waals surface area contributed by atoms with Crippen molar-refractivity contribution in [2.24, 2.45) is 0 Å². The van der Waals surface area contributed by atoms with Crippen molar-refractivity contribution in [3.05, 3.63) is 48.3 Å². The molecule has 2 amide bonds. The molecule has 0 bridgehead atoms. The van der Waals surface area contributed by atoms with Crippen LogP contribution in [0.3, 0.4) is 0 Å². The van der Waals surface area contributed by atoms with Gasteiger partial charge < -0.3 is 20.1 Å². The Morgan fingerprint density at radius 3 is 2.33 bits per heavy atom. The molecule has 0 aliphatic heterocycles. The van der Waals surface area contributed by atoms with Crippen LogP contribution in [0.5, 0.6) is 11.5 Å². The van der Waals surface area contributed by atoms with Crippen LogP contribution in [0.2, 0.25) is 0 Å². The second-order valence-corrected chi connectivity index (χ2v) is 5.85. The molecular formula is C19H22FN3O4. The van der Waals surface area contributed by atoms with Gasteiger partial charge in [-0.3, -0.25) is 14.5 Å². The number of nitrogens with one attached hydrogen (secondary N) is 2. The van der Waals surface area contributed by atoms with Gasteiger partial charge in [0, 0.05) is 11.8 Å². The number of ether oxygens (including phenoxy) is 2. The van der Waals surface area contributed by atoms with Crippen LogP contribution >= 0.6 is 0 Å². The summed E-state index contributed by atoms with van der Waals surface area (Å²) < 4.78 is 23.5. The number of carbonyl (C=O) groups excluding carboxylic acids is 2. The molecular weight excluding hydrogens is 353 g/mol. The van der Waals surface area contributed by atoms with E-state index < -0.39 is 5.82 Å². The van der Waals surface area contributed by atoms with Crippen molar-refractivity contribution in [2.75, 3.05) is 45.0 Å². The first-order chi connectivity index (χ1) is 12.9. The summed E-state index contributed by atoms with van der Waals surface area (Å²) in [6, 6.07) is 10.6. The number of benzene rings is 2. The number of hydrogen-bond donors (Lipinski definition) is 2. The van der Waals surface area contributed by atoms with E-state index in [0.29, 0.717) is 22.9 Å². The van der Waals surface area contributed by atoms with Crippen LogP contribution in [0.15, 0.2) is 42.5 Å². The van der Waals surface area contributed by atoms with Crippen molar-refractivity contribution in [3.8, 4) is 11.5 Å². The molecule has 0 aliphatic rings. The number of hydrogen-bond acceptors (Lipinski definition) is 5.